The van der Waals surface area contributed by atoms with Crippen molar-refractivity contribution in [3.05, 3.63) is 58.3 Å². The number of amides is 1. The summed E-state index contributed by atoms with van der Waals surface area (Å²) in [4.78, 5) is 16.5. The topological polar surface area (TPSA) is 58.3 Å². The molecule has 170 valence electrons. The number of aromatic nitrogens is 3. The minimum atomic E-state index is -0.157. The number of benzene rings is 2. The van der Waals surface area contributed by atoms with E-state index in [9.17, 15) is 4.79 Å². The van der Waals surface area contributed by atoms with Crippen LogP contribution in [0.5, 0.6) is 0 Å². The van der Waals surface area contributed by atoms with Gasteiger partial charge in [-0.3, -0.25) is 9.69 Å². The Labute approximate surface area is 199 Å². The molecule has 1 N–H and O–H groups in total. The van der Waals surface area contributed by atoms with Crippen molar-refractivity contribution in [2.24, 2.45) is 7.05 Å². The van der Waals surface area contributed by atoms with Gasteiger partial charge in [-0.1, -0.05) is 23.7 Å². The Hall–Kier alpha value is -2.68. The number of carbonyl (C=O) groups is 1. The molecule has 1 amide bonds. The summed E-state index contributed by atoms with van der Waals surface area (Å²) in [6.45, 7) is 6.79. The number of carbonyl (C=O) groups excluding carboxylic acids is 1. The molecule has 32 heavy (non-hydrogen) atoms. The zero-order valence-corrected chi connectivity index (χ0v) is 20.5. The second kappa shape index (κ2) is 10.8. The lowest BCUT2D eigenvalue weighted by molar-refractivity contribution is -0.117. The number of hydrogen-bond acceptors (Lipinski definition) is 5. The second-order valence-corrected chi connectivity index (χ2v) is 8.34. The molecule has 0 saturated carbocycles. The molecule has 0 saturated heterocycles. The summed E-state index contributed by atoms with van der Waals surface area (Å²) in [6, 6.07) is 15.5. The van der Waals surface area contributed by atoms with Gasteiger partial charge in [0.2, 0.25) is 5.91 Å². The highest BCUT2D eigenvalue weighted by Gasteiger charge is 2.14. The zero-order chi connectivity index (χ0) is 23.3. The fraction of sp³-hybridized carbons (Fsp3) is 0.348. The summed E-state index contributed by atoms with van der Waals surface area (Å²) in [5.41, 5.74) is 2.77. The second-order valence-electron chi connectivity index (χ2n) is 7.57. The smallest absolute Gasteiger partial charge is 0.238 e. The van der Waals surface area contributed by atoms with Crippen molar-refractivity contribution < 1.29 is 4.79 Å². The standard InChI is InChI=1S/C23H29ClN6OS/c1-5-29(6-2)18-13-11-17(12-14-18)22-26-30(23(32)28(22)4)16-27(3)15-21(31)25-20-10-8-7-9-19(20)24/h7-14H,5-6,15-16H2,1-4H3,(H,25,31). The quantitative estimate of drug-likeness (QED) is 0.459. The normalized spacial score (nSPS) is 11.1. The van der Waals surface area contributed by atoms with E-state index >= 15 is 0 Å². The third kappa shape index (κ3) is 5.56. The summed E-state index contributed by atoms with van der Waals surface area (Å²) >= 11 is 11.7. The first-order valence-electron chi connectivity index (χ1n) is 10.6. The zero-order valence-electron chi connectivity index (χ0n) is 18.9. The highest BCUT2D eigenvalue weighted by molar-refractivity contribution is 7.71. The molecular weight excluding hydrogens is 444 g/mol. The van der Waals surface area contributed by atoms with E-state index in [1.807, 2.05) is 35.7 Å². The Balaban J connectivity index is 1.69. The summed E-state index contributed by atoms with van der Waals surface area (Å²) in [6.07, 6.45) is 0. The van der Waals surface area contributed by atoms with Gasteiger partial charge in [-0.2, -0.15) is 5.10 Å². The molecule has 0 radical (unpaired) electrons. The van der Waals surface area contributed by atoms with Gasteiger partial charge in [0.15, 0.2) is 10.6 Å². The van der Waals surface area contributed by atoms with Crippen LogP contribution in [0.3, 0.4) is 0 Å². The van der Waals surface area contributed by atoms with Crippen LogP contribution >= 0.6 is 23.8 Å². The summed E-state index contributed by atoms with van der Waals surface area (Å²) in [7, 11) is 3.75. The van der Waals surface area contributed by atoms with Gasteiger partial charge in [-0.05, 0) is 69.5 Å². The molecule has 0 aliphatic rings. The first-order chi connectivity index (χ1) is 15.3. The molecule has 0 unspecified atom stereocenters. The summed E-state index contributed by atoms with van der Waals surface area (Å²) in [5.74, 6) is 0.630. The molecule has 0 aliphatic carbocycles. The van der Waals surface area contributed by atoms with E-state index in [2.05, 4.69) is 48.3 Å². The van der Waals surface area contributed by atoms with Crippen LogP contribution in [-0.2, 0) is 18.5 Å². The van der Waals surface area contributed by atoms with Crippen molar-refractivity contribution in [3.63, 3.8) is 0 Å². The first kappa shape index (κ1) is 24.0. The van der Waals surface area contributed by atoms with Crippen LogP contribution in [0.1, 0.15) is 13.8 Å². The molecule has 9 heteroatoms. The molecule has 1 aromatic heterocycles. The van der Waals surface area contributed by atoms with E-state index in [0.717, 1.165) is 24.5 Å². The maximum Gasteiger partial charge on any atom is 0.238 e. The van der Waals surface area contributed by atoms with E-state index in [1.165, 1.54) is 5.69 Å². The molecule has 0 aliphatic heterocycles. The predicted molar refractivity (Wildman–Crippen MR) is 134 cm³/mol. The molecule has 0 spiro atoms. The monoisotopic (exact) mass is 472 g/mol. The Bertz CT molecular complexity index is 1120. The van der Waals surface area contributed by atoms with Crippen molar-refractivity contribution in [2.75, 3.05) is 36.9 Å². The number of para-hydroxylation sites is 1. The molecule has 1 heterocycles. The number of likely N-dealkylation sites (N-methyl/N-ethyl adjacent to an activating group) is 1. The van der Waals surface area contributed by atoms with Gasteiger partial charge in [0.1, 0.15) is 0 Å². The van der Waals surface area contributed by atoms with Crippen molar-refractivity contribution in [1.29, 1.82) is 0 Å². The number of rotatable bonds is 9. The number of nitrogens with zero attached hydrogens (tertiary/aromatic N) is 5. The van der Waals surface area contributed by atoms with Crippen LogP contribution in [0.25, 0.3) is 11.4 Å². The van der Waals surface area contributed by atoms with Gasteiger partial charge in [-0.15, -0.1) is 0 Å². The van der Waals surface area contributed by atoms with Gasteiger partial charge in [0, 0.05) is 31.4 Å². The fourth-order valence-electron chi connectivity index (χ4n) is 3.52. The van der Waals surface area contributed by atoms with E-state index in [-0.39, 0.29) is 12.5 Å². The summed E-state index contributed by atoms with van der Waals surface area (Å²) in [5, 5.41) is 8.04. The number of halogens is 1. The molecule has 2 aromatic carbocycles. The first-order valence-corrected chi connectivity index (χ1v) is 11.3. The molecule has 0 bridgehead atoms. The van der Waals surface area contributed by atoms with Gasteiger partial charge in [-0.25, -0.2) is 4.68 Å². The maximum absolute atomic E-state index is 12.4. The van der Waals surface area contributed by atoms with Crippen molar-refractivity contribution in [2.45, 2.75) is 20.5 Å². The summed E-state index contributed by atoms with van der Waals surface area (Å²) < 4.78 is 4.21. The number of hydrogen-bond donors (Lipinski definition) is 1. The average molecular weight is 473 g/mol. The van der Waals surface area contributed by atoms with E-state index < -0.39 is 0 Å². The number of anilines is 2. The van der Waals surface area contributed by atoms with Gasteiger partial charge < -0.3 is 14.8 Å². The third-order valence-corrected chi connectivity index (χ3v) is 6.05. The highest BCUT2D eigenvalue weighted by atomic mass is 35.5. The molecule has 3 aromatic rings. The maximum atomic E-state index is 12.4. The van der Waals surface area contributed by atoms with E-state index in [1.54, 1.807) is 16.8 Å². The number of nitrogens with one attached hydrogen (secondary N) is 1. The minimum Gasteiger partial charge on any atom is -0.372 e. The van der Waals surface area contributed by atoms with Crippen LogP contribution in [-0.4, -0.2) is 51.8 Å². The third-order valence-electron chi connectivity index (χ3n) is 5.23. The Morgan fingerprint density at radius 1 is 1.12 bits per heavy atom. The Morgan fingerprint density at radius 2 is 1.78 bits per heavy atom. The van der Waals surface area contributed by atoms with Crippen LogP contribution in [0.2, 0.25) is 5.02 Å². The van der Waals surface area contributed by atoms with Crippen molar-refractivity contribution >= 4 is 41.1 Å². The van der Waals surface area contributed by atoms with Gasteiger partial charge >= 0.3 is 0 Å². The minimum absolute atomic E-state index is 0.157. The van der Waals surface area contributed by atoms with Crippen LogP contribution < -0.4 is 10.2 Å². The molecular formula is C23H29ClN6OS. The lowest BCUT2D eigenvalue weighted by Crippen LogP contribution is -2.32. The van der Waals surface area contributed by atoms with Crippen LogP contribution in [0.4, 0.5) is 11.4 Å². The molecule has 0 fully saturated rings. The van der Waals surface area contributed by atoms with Crippen LogP contribution in [0, 0.1) is 4.77 Å². The molecule has 3 rings (SSSR count). The Morgan fingerprint density at radius 3 is 2.41 bits per heavy atom. The Kier molecular flexibility index (Phi) is 8.06. The molecule has 0 atom stereocenters. The lowest BCUT2D eigenvalue weighted by atomic mass is 10.2. The van der Waals surface area contributed by atoms with E-state index in [4.69, 9.17) is 28.9 Å². The fourth-order valence-corrected chi connectivity index (χ4v) is 3.89. The van der Waals surface area contributed by atoms with Crippen molar-refractivity contribution in [1.82, 2.24) is 19.2 Å². The van der Waals surface area contributed by atoms with Crippen molar-refractivity contribution in [3.8, 4) is 11.4 Å². The van der Waals surface area contributed by atoms with Gasteiger partial charge in [0.25, 0.3) is 0 Å². The largest absolute Gasteiger partial charge is 0.372 e. The SMILES string of the molecule is CCN(CC)c1ccc(-c2nn(CN(C)CC(=O)Nc3ccccc3Cl)c(=S)n2C)cc1. The molecule has 7 nitrogen and oxygen atoms in total. The van der Waals surface area contributed by atoms with Crippen LogP contribution in [0.15, 0.2) is 48.5 Å². The highest BCUT2D eigenvalue weighted by Crippen LogP contribution is 2.23. The average Bonchev–Trinajstić information content (AvgIpc) is 3.05. The predicted octanol–water partition coefficient (Wildman–Crippen LogP) is 4.65. The van der Waals surface area contributed by atoms with Gasteiger partial charge in [0.05, 0.1) is 23.9 Å². The van der Waals surface area contributed by atoms with E-state index in [0.29, 0.717) is 22.1 Å². The lowest BCUT2D eigenvalue weighted by Gasteiger charge is -2.21.